The SMILES string of the molecule is c1ccc(-c2ccc(N(c3ccc(-c4ccccc4)cc3)c3ccc4c(c3)n3c5ccccc5nc3n4-c3cccc4c3c3ccccc3n4-c3ccccc3)cc2)cc1. The number of aromatic nitrogens is 4. The largest absolute Gasteiger partial charge is 0.310 e. The molecule has 0 atom stereocenters. The molecule has 0 saturated heterocycles. The van der Waals surface area contributed by atoms with Crippen LogP contribution in [0.3, 0.4) is 0 Å². The minimum Gasteiger partial charge on any atom is -0.310 e. The van der Waals surface area contributed by atoms with Crippen molar-refractivity contribution < 1.29 is 0 Å². The maximum absolute atomic E-state index is 5.35. The zero-order valence-corrected chi connectivity index (χ0v) is 32.6. The molecule has 0 fully saturated rings. The second-order valence-electron chi connectivity index (χ2n) is 15.3. The number of nitrogens with zero attached hydrogens (tertiary/aromatic N) is 5. The van der Waals surface area contributed by atoms with Crippen molar-refractivity contribution in [3.05, 3.63) is 224 Å². The minimum absolute atomic E-state index is 0.873. The molecule has 0 N–H and O–H groups in total. The Labute approximate surface area is 346 Å². The molecule has 5 heteroatoms. The molecular formula is C55H37N5. The maximum Gasteiger partial charge on any atom is 0.220 e. The van der Waals surface area contributed by atoms with E-state index in [1.807, 2.05) is 0 Å². The first-order valence-electron chi connectivity index (χ1n) is 20.4. The summed E-state index contributed by atoms with van der Waals surface area (Å²) in [4.78, 5) is 7.71. The first kappa shape index (κ1) is 33.9. The molecule has 3 heterocycles. The summed E-state index contributed by atoms with van der Waals surface area (Å²) >= 11 is 0. The molecule has 9 aromatic carbocycles. The minimum atomic E-state index is 0.873. The fourth-order valence-corrected chi connectivity index (χ4v) is 9.12. The molecule has 3 aromatic heterocycles. The molecule has 0 aliphatic heterocycles. The summed E-state index contributed by atoms with van der Waals surface area (Å²) in [6.45, 7) is 0. The molecule has 12 rings (SSSR count). The molecule has 0 bridgehead atoms. The normalized spacial score (nSPS) is 11.7. The van der Waals surface area contributed by atoms with E-state index < -0.39 is 0 Å². The predicted octanol–water partition coefficient (Wildman–Crippen LogP) is 14.3. The van der Waals surface area contributed by atoms with Gasteiger partial charge in [0, 0.05) is 33.5 Å². The third-order valence-electron chi connectivity index (χ3n) is 11.8. The lowest BCUT2D eigenvalue weighted by Crippen LogP contribution is -2.10. The van der Waals surface area contributed by atoms with Crippen LogP contribution in [0.5, 0.6) is 0 Å². The topological polar surface area (TPSA) is 30.4 Å². The number of hydrogen-bond acceptors (Lipinski definition) is 2. The first-order chi connectivity index (χ1) is 29.8. The number of anilines is 3. The highest BCUT2D eigenvalue weighted by atomic mass is 15.2. The van der Waals surface area contributed by atoms with E-state index in [9.17, 15) is 0 Å². The van der Waals surface area contributed by atoms with E-state index in [1.54, 1.807) is 0 Å². The van der Waals surface area contributed by atoms with Gasteiger partial charge in [-0.1, -0.05) is 140 Å². The van der Waals surface area contributed by atoms with E-state index >= 15 is 0 Å². The molecule has 5 nitrogen and oxygen atoms in total. The molecular weight excluding hydrogens is 731 g/mol. The van der Waals surface area contributed by atoms with Gasteiger partial charge in [0.2, 0.25) is 5.78 Å². The van der Waals surface area contributed by atoms with Crippen molar-refractivity contribution in [1.82, 2.24) is 18.5 Å². The Balaban J connectivity index is 1.10. The number of imidazole rings is 2. The third kappa shape index (κ3) is 5.37. The Morgan fingerprint density at radius 1 is 0.350 bits per heavy atom. The number of benzene rings is 9. The molecule has 0 spiro atoms. The van der Waals surface area contributed by atoms with Crippen LogP contribution in [0, 0.1) is 0 Å². The Hall–Kier alpha value is -8.15. The second kappa shape index (κ2) is 13.8. The number of para-hydroxylation sites is 4. The van der Waals surface area contributed by atoms with Gasteiger partial charge in [-0.05, 0) is 107 Å². The van der Waals surface area contributed by atoms with Crippen molar-refractivity contribution in [2.45, 2.75) is 0 Å². The lowest BCUT2D eigenvalue weighted by Gasteiger charge is -2.26. The van der Waals surface area contributed by atoms with Crippen LogP contribution in [0.1, 0.15) is 0 Å². The van der Waals surface area contributed by atoms with Gasteiger partial charge in [0.25, 0.3) is 0 Å². The zero-order valence-electron chi connectivity index (χ0n) is 32.6. The van der Waals surface area contributed by atoms with Crippen LogP contribution in [-0.2, 0) is 0 Å². The fourth-order valence-electron chi connectivity index (χ4n) is 9.12. The highest BCUT2D eigenvalue weighted by Crippen LogP contribution is 2.42. The van der Waals surface area contributed by atoms with Gasteiger partial charge in [-0.2, -0.15) is 0 Å². The van der Waals surface area contributed by atoms with Crippen LogP contribution in [0.4, 0.5) is 17.1 Å². The smallest absolute Gasteiger partial charge is 0.220 e. The van der Waals surface area contributed by atoms with Gasteiger partial charge in [0.05, 0.1) is 38.8 Å². The van der Waals surface area contributed by atoms with Crippen molar-refractivity contribution >= 4 is 66.7 Å². The molecule has 12 aromatic rings. The van der Waals surface area contributed by atoms with Gasteiger partial charge in [0.1, 0.15) is 0 Å². The predicted molar refractivity (Wildman–Crippen MR) is 249 cm³/mol. The molecule has 0 saturated carbocycles. The summed E-state index contributed by atoms with van der Waals surface area (Å²) in [6, 6.07) is 80.3. The zero-order chi connectivity index (χ0) is 39.6. The quantitative estimate of drug-likeness (QED) is 0.162. The van der Waals surface area contributed by atoms with Gasteiger partial charge < -0.3 is 9.47 Å². The lowest BCUT2D eigenvalue weighted by molar-refractivity contribution is 1.12. The number of hydrogen-bond donors (Lipinski definition) is 0. The van der Waals surface area contributed by atoms with Crippen molar-refractivity contribution in [2.75, 3.05) is 4.90 Å². The molecule has 0 amide bonds. The van der Waals surface area contributed by atoms with Crippen LogP contribution < -0.4 is 4.90 Å². The Morgan fingerprint density at radius 3 is 1.55 bits per heavy atom. The first-order valence-corrected chi connectivity index (χ1v) is 20.4. The van der Waals surface area contributed by atoms with Crippen LogP contribution >= 0.6 is 0 Å². The van der Waals surface area contributed by atoms with Crippen LogP contribution in [0.25, 0.3) is 83.3 Å². The Bertz CT molecular complexity index is 3420. The maximum atomic E-state index is 5.35. The van der Waals surface area contributed by atoms with E-state index in [2.05, 4.69) is 243 Å². The van der Waals surface area contributed by atoms with Gasteiger partial charge in [-0.3, -0.25) is 8.97 Å². The highest BCUT2D eigenvalue weighted by molar-refractivity contribution is 6.14. The summed E-state index contributed by atoms with van der Waals surface area (Å²) in [6.07, 6.45) is 0. The molecule has 0 aliphatic carbocycles. The van der Waals surface area contributed by atoms with E-state index in [1.165, 1.54) is 38.5 Å². The average molecular weight is 768 g/mol. The van der Waals surface area contributed by atoms with Gasteiger partial charge in [-0.15, -0.1) is 0 Å². The van der Waals surface area contributed by atoms with Gasteiger partial charge >= 0.3 is 0 Å². The number of rotatable bonds is 7. The molecule has 0 radical (unpaired) electrons. The Kier molecular flexibility index (Phi) is 7.78. The van der Waals surface area contributed by atoms with E-state index in [4.69, 9.17) is 4.98 Å². The Morgan fingerprint density at radius 2 is 0.883 bits per heavy atom. The fraction of sp³-hybridized carbons (Fsp3) is 0. The summed E-state index contributed by atoms with van der Waals surface area (Å²) in [5, 5.41) is 2.38. The van der Waals surface area contributed by atoms with E-state index in [0.29, 0.717) is 0 Å². The molecule has 0 unspecified atom stereocenters. The van der Waals surface area contributed by atoms with Crippen LogP contribution in [0.2, 0.25) is 0 Å². The van der Waals surface area contributed by atoms with Crippen LogP contribution in [0.15, 0.2) is 224 Å². The van der Waals surface area contributed by atoms with Gasteiger partial charge in [0.15, 0.2) is 0 Å². The standard InChI is InChI=1S/C55H37N5/c1-4-15-38(16-5-1)40-27-31-43(32-28-40)57(44-33-29-41(30-34-44)39-17-6-2-7-18-39)45-35-36-50-53(37-45)59-49-24-13-11-22-47(49)56-55(59)60(50)52-26-14-25-51-54(52)46-21-10-12-23-48(46)58(51)42-19-8-3-9-20-42/h1-37H. The molecule has 0 aliphatic rings. The second-order valence-corrected chi connectivity index (χ2v) is 15.3. The summed E-state index contributed by atoms with van der Waals surface area (Å²) < 4.78 is 7.07. The molecule has 60 heavy (non-hydrogen) atoms. The van der Waals surface area contributed by atoms with E-state index in [-0.39, 0.29) is 0 Å². The summed E-state index contributed by atoms with van der Waals surface area (Å²) in [5.41, 5.74) is 16.7. The number of fused-ring (bicyclic) bond motifs is 8. The van der Waals surface area contributed by atoms with Crippen molar-refractivity contribution in [3.63, 3.8) is 0 Å². The third-order valence-corrected chi connectivity index (χ3v) is 11.8. The van der Waals surface area contributed by atoms with Gasteiger partial charge in [-0.25, -0.2) is 4.98 Å². The highest BCUT2D eigenvalue weighted by Gasteiger charge is 2.23. The summed E-state index contributed by atoms with van der Waals surface area (Å²) in [5.74, 6) is 0.873. The molecule has 282 valence electrons. The average Bonchev–Trinajstić information content (AvgIpc) is 3.97. The lowest BCUT2D eigenvalue weighted by atomic mass is 10.0. The monoisotopic (exact) mass is 767 g/mol. The van der Waals surface area contributed by atoms with Crippen molar-refractivity contribution in [1.29, 1.82) is 0 Å². The van der Waals surface area contributed by atoms with E-state index in [0.717, 1.165) is 61.8 Å². The summed E-state index contributed by atoms with van der Waals surface area (Å²) in [7, 11) is 0. The van der Waals surface area contributed by atoms with Crippen LogP contribution in [-0.4, -0.2) is 18.5 Å². The van der Waals surface area contributed by atoms with Crippen molar-refractivity contribution in [3.8, 4) is 33.6 Å². The van der Waals surface area contributed by atoms with Crippen molar-refractivity contribution in [2.24, 2.45) is 0 Å².